The molecule has 4 aliphatic heterocycles. The molecular formula is C34H36F6O16S. The highest BCUT2D eigenvalue weighted by atomic mass is 32.2. The van der Waals surface area contributed by atoms with Gasteiger partial charge in [-0.05, 0) is 60.4 Å². The summed E-state index contributed by atoms with van der Waals surface area (Å²) in [6.07, 6.45) is -23.2. The number of thioether (sulfide) groups is 1. The molecule has 0 radical (unpaired) electrons. The van der Waals surface area contributed by atoms with Crippen molar-refractivity contribution in [1.82, 2.24) is 0 Å². The van der Waals surface area contributed by atoms with Gasteiger partial charge in [-0.15, -0.1) is 26.3 Å². The molecule has 4 heterocycles. The van der Waals surface area contributed by atoms with Crippen molar-refractivity contribution in [3.05, 3.63) is 47.5 Å². The maximum atomic E-state index is 12.8. The van der Waals surface area contributed by atoms with E-state index in [1.807, 2.05) is 0 Å². The number of rotatable bonds is 12. The minimum atomic E-state index is -4.98. The summed E-state index contributed by atoms with van der Waals surface area (Å²) in [6.45, 7) is -2.68. The standard InChI is InChI=1S/C34H36F6O16S/c35-33(36,37)55-17-1-3-19-13(7-17)5-15(29(47)51-19)11-49-27-23(43)21(9-41)53-31(25(27)45)57-32-26(46)28(24(44)22(10-42)54-32)50-12-16-6-14-8-18(56-34(38,39)40)2-4-20(14)52-30(16)48/h1-4,7-8,15-16,21-28,31-32,41-46H,5-6,9-12H2/t15?,16?,21-,22-,23+,24+,25-,26-,27+,28+,31+,32+/m1/s1. The zero-order valence-electron chi connectivity index (χ0n) is 29.1. The van der Waals surface area contributed by atoms with Crippen molar-refractivity contribution >= 4 is 23.7 Å². The molecule has 0 spiro atoms. The lowest BCUT2D eigenvalue weighted by Crippen LogP contribution is -2.62. The first-order chi connectivity index (χ1) is 26.8. The monoisotopic (exact) mass is 846 g/mol. The molecule has 316 valence electrons. The SMILES string of the molecule is O=C1Oc2ccc(OC(F)(F)F)cc2CC1CO[C@H]1[C@@H](O)[C@@H](CO)O[C@@H](S[C@@H]2O[C@H](CO)[C@H](O)[C@H](OCC3Cc4cc(OC(F)(F)F)ccc4OC3=O)[C@H]2O)[C@@H]1O. The number of aliphatic hydroxyl groups is 6. The van der Waals surface area contributed by atoms with E-state index >= 15 is 0 Å². The number of carbonyl (C=O) groups excluding carboxylic acids is 2. The molecule has 2 aromatic carbocycles. The summed E-state index contributed by atoms with van der Waals surface area (Å²) in [6, 6.07) is 6.25. The van der Waals surface area contributed by atoms with Crippen molar-refractivity contribution in [1.29, 1.82) is 0 Å². The highest BCUT2D eigenvalue weighted by Crippen LogP contribution is 2.40. The smallest absolute Gasteiger partial charge is 0.426 e. The van der Waals surface area contributed by atoms with Crippen LogP contribution in [0.4, 0.5) is 26.3 Å². The third-order valence-corrected chi connectivity index (χ3v) is 10.8. The number of carbonyl (C=O) groups is 2. The number of alkyl halides is 6. The van der Waals surface area contributed by atoms with E-state index in [-0.39, 0.29) is 35.5 Å². The van der Waals surface area contributed by atoms with Crippen molar-refractivity contribution in [2.75, 3.05) is 26.4 Å². The molecule has 57 heavy (non-hydrogen) atoms. The summed E-state index contributed by atoms with van der Waals surface area (Å²) < 4.78 is 118. The number of fused-ring (bicyclic) bond motifs is 2. The molecule has 23 heteroatoms. The molecule has 0 saturated carbocycles. The number of esters is 2. The number of halogens is 6. The van der Waals surface area contributed by atoms with Gasteiger partial charge in [0.25, 0.3) is 0 Å². The van der Waals surface area contributed by atoms with Gasteiger partial charge < -0.3 is 68.5 Å². The largest absolute Gasteiger partial charge is 0.573 e. The maximum Gasteiger partial charge on any atom is 0.573 e. The lowest BCUT2D eigenvalue weighted by Gasteiger charge is -2.46. The van der Waals surface area contributed by atoms with E-state index in [2.05, 4.69) is 9.47 Å². The van der Waals surface area contributed by atoms with Crippen LogP contribution < -0.4 is 18.9 Å². The Bertz CT molecular complexity index is 1630. The van der Waals surface area contributed by atoms with E-state index in [0.29, 0.717) is 11.8 Å². The quantitative estimate of drug-likeness (QED) is 0.0983. The van der Waals surface area contributed by atoms with E-state index < -0.39 is 134 Å². The van der Waals surface area contributed by atoms with Crippen LogP contribution in [0.1, 0.15) is 11.1 Å². The number of benzene rings is 2. The first kappa shape index (κ1) is 43.1. The van der Waals surface area contributed by atoms with Gasteiger partial charge >= 0.3 is 24.7 Å². The predicted molar refractivity (Wildman–Crippen MR) is 174 cm³/mol. The average molecular weight is 847 g/mol. The van der Waals surface area contributed by atoms with Crippen molar-refractivity contribution in [2.45, 2.75) is 85.3 Å². The second-order valence-corrected chi connectivity index (χ2v) is 14.6. The zero-order valence-corrected chi connectivity index (χ0v) is 29.9. The summed E-state index contributed by atoms with van der Waals surface area (Å²) in [7, 11) is 0. The van der Waals surface area contributed by atoms with Gasteiger partial charge in [0.2, 0.25) is 0 Å². The van der Waals surface area contributed by atoms with Gasteiger partial charge in [-0.1, -0.05) is 11.8 Å². The van der Waals surface area contributed by atoms with Gasteiger partial charge in [0.05, 0.1) is 38.3 Å². The van der Waals surface area contributed by atoms with Crippen LogP contribution in [0.25, 0.3) is 0 Å². The maximum absolute atomic E-state index is 12.8. The normalized spacial score (nSPS) is 33.1. The van der Waals surface area contributed by atoms with E-state index in [9.17, 15) is 66.6 Å². The van der Waals surface area contributed by atoms with Crippen LogP contribution in [0.15, 0.2) is 36.4 Å². The van der Waals surface area contributed by atoms with Crippen LogP contribution in [0.3, 0.4) is 0 Å². The minimum absolute atomic E-state index is 0.00843. The van der Waals surface area contributed by atoms with Gasteiger partial charge in [0, 0.05) is 0 Å². The molecule has 2 aromatic rings. The Labute approximate surface area is 322 Å². The van der Waals surface area contributed by atoms with E-state index in [0.717, 1.165) is 36.4 Å². The van der Waals surface area contributed by atoms with Gasteiger partial charge in [-0.3, -0.25) is 9.59 Å². The second-order valence-electron chi connectivity index (χ2n) is 13.4. The van der Waals surface area contributed by atoms with E-state index in [4.69, 9.17) is 28.4 Å². The molecule has 0 amide bonds. The Morgan fingerprint density at radius 2 is 1.02 bits per heavy atom. The Morgan fingerprint density at radius 1 is 0.632 bits per heavy atom. The second kappa shape index (κ2) is 17.4. The highest BCUT2D eigenvalue weighted by molar-refractivity contribution is 8.00. The Balaban J connectivity index is 1.10. The molecule has 2 fully saturated rings. The van der Waals surface area contributed by atoms with Gasteiger partial charge in [0.1, 0.15) is 82.7 Å². The van der Waals surface area contributed by atoms with Crippen LogP contribution in [0, 0.1) is 11.8 Å². The molecule has 0 aromatic heterocycles. The first-order valence-corrected chi connectivity index (χ1v) is 18.1. The fraction of sp³-hybridized carbons (Fsp3) is 0.588. The van der Waals surface area contributed by atoms with Crippen LogP contribution in [-0.2, 0) is 41.4 Å². The van der Waals surface area contributed by atoms with Crippen LogP contribution in [0.5, 0.6) is 23.0 Å². The van der Waals surface area contributed by atoms with Crippen LogP contribution >= 0.6 is 11.8 Å². The van der Waals surface area contributed by atoms with E-state index in [1.165, 1.54) is 0 Å². The van der Waals surface area contributed by atoms with Crippen molar-refractivity contribution in [2.24, 2.45) is 11.8 Å². The molecule has 12 atom stereocenters. The van der Waals surface area contributed by atoms with Crippen molar-refractivity contribution in [3.8, 4) is 23.0 Å². The number of hydrogen-bond donors (Lipinski definition) is 6. The van der Waals surface area contributed by atoms with Crippen LogP contribution in [-0.4, -0.2) is 141 Å². The Kier molecular flexibility index (Phi) is 13.1. The lowest BCUT2D eigenvalue weighted by atomic mass is 9.95. The summed E-state index contributed by atoms with van der Waals surface area (Å²) in [5.41, 5.74) is -2.58. The number of ether oxygens (including phenoxy) is 8. The fourth-order valence-corrected chi connectivity index (χ4v) is 7.98. The molecular weight excluding hydrogens is 810 g/mol. The summed E-state index contributed by atoms with van der Waals surface area (Å²) >= 11 is 0.581. The van der Waals surface area contributed by atoms with Crippen molar-refractivity contribution in [3.63, 3.8) is 0 Å². The molecule has 4 aliphatic rings. The van der Waals surface area contributed by atoms with Gasteiger partial charge in [-0.2, -0.15) is 0 Å². The third kappa shape index (κ3) is 10.2. The third-order valence-electron chi connectivity index (χ3n) is 9.44. The predicted octanol–water partition coefficient (Wildman–Crippen LogP) is 0.721. The fourth-order valence-electron chi connectivity index (χ4n) is 6.67. The Morgan fingerprint density at radius 3 is 1.37 bits per heavy atom. The Hall–Kier alpha value is -3.49. The van der Waals surface area contributed by atoms with Crippen LogP contribution in [0.2, 0.25) is 0 Å². The van der Waals surface area contributed by atoms with Gasteiger partial charge in [0.15, 0.2) is 0 Å². The molecule has 2 unspecified atom stereocenters. The first-order valence-electron chi connectivity index (χ1n) is 17.2. The molecule has 0 aliphatic carbocycles. The zero-order chi connectivity index (χ0) is 41.4. The lowest BCUT2D eigenvalue weighted by molar-refractivity contribution is -0.275. The van der Waals surface area contributed by atoms with Gasteiger partial charge in [-0.25, -0.2) is 0 Å². The molecule has 6 N–H and O–H groups in total. The molecule has 6 rings (SSSR count). The average Bonchev–Trinajstić information content (AvgIpc) is 3.12. The topological polar surface area (TPSA) is 229 Å². The summed E-state index contributed by atoms with van der Waals surface area (Å²) in [5, 5.41) is 64.3. The highest BCUT2D eigenvalue weighted by Gasteiger charge is 2.51. The number of hydrogen-bond acceptors (Lipinski definition) is 17. The van der Waals surface area contributed by atoms with E-state index in [1.54, 1.807) is 0 Å². The minimum Gasteiger partial charge on any atom is -0.426 e. The molecule has 2 saturated heterocycles. The molecule has 0 bridgehead atoms. The summed E-state index contributed by atoms with van der Waals surface area (Å²) in [5.74, 6) is -5.04. The molecule has 16 nitrogen and oxygen atoms in total. The number of aliphatic hydroxyl groups excluding tert-OH is 6. The summed E-state index contributed by atoms with van der Waals surface area (Å²) in [4.78, 5) is 25.4. The van der Waals surface area contributed by atoms with Crippen molar-refractivity contribution < 1.29 is 104 Å².